The third kappa shape index (κ3) is 3.42. The molecule has 23 heavy (non-hydrogen) atoms. The van der Waals surface area contributed by atoms with Crippen LogP contribution in [0.2, 0.25) is 0 Å². The second kappa shape index (κ2) is 6.74. The molecule has 3 atom stereocenters. The van der Waals surface area contributed by atoms with Crippen molar-refractivity contribution >= 4 is 28.7 Å². The first-order chi connectivity index (χ1) is 11.1. The van der Waals surface area contributed by atoms with Crippen LogP contribution in [0.1, 0.15) is 25.3 Å². The molecule has 0 aromatic heterocycles. The summed E-state index contributed by atoms with van der Waals surface area (Å²) in [6.07, 6.45) is 1.95. The van der Waals surface area contributed by atoms with Gasteiger partial charge in [0, 0.05) is 13.0 Å². The molecule has 2 fully saturated rings. The summed E-state index contributed by atoms with van der Waals surface area (Å²) in [6.45, 7) is 2.34. The third-order valence-electron chi connectivity index (χ3n) is 4.36. The maximum Gasteiger partial charge on any atom is 0.243 e. The molecular weight excluding hydrogens is 312 g/mol. The molecule has 122 valence electrons. The maximum absolute atomic E-state index is 12.5. The molecule has 3 unspecified atom stereocenters. The van der Waals surface area contributed by atoms with Crippen LogP contribution in [0, 0.1) is 0 Å². The normalized spacial score (nSPS) is 28.7. The van der Waals surface area contributed by atoms with Crippen LogP contribution in [0.25, 0.3) is 0 Å². The van der Waals surface area contributed by atoms with Gasteiger partial charge in [-0.25, -0.2) is 0 Å². The van der Waals surface area contributed by atoms with Gasteiger partial charge >= 0.3 is 0 Å². The lowest BCUT2D eigenvalue weighted by Gasteiger charge is -2.24. The van der Waals surface area contributed by atoms with E-state index in [1.165, 1.54) is 0 Å². The summed E-state index contributed by atoms with van der Waals surface area (Å²) in [5, 5.41) is 2.27. The van der Waals surface area contributed by atoms with Gasteiger partial charge in [-0.3, -0.25) is 14.4 Å². The average molecular weight is 332 g/mol. The van der Waals surface area contributed by atoms with Gasteiger partial charge in [0.05, 0.1) is 5.25 Å². The minimum absolute atomic E-state index is 0.110. The van der Waals surface area contributed by atoms with Gasteiger partial charge in [0.1, 0.15) is 12.1 Å². The van der Waals surface area contributed by atoms with E-state index in [0.29, 0.717) is 19.4 Å². The van der Waals surface area contributed by atoms with Gasteiger partial charge in [-0.1, -0.05) is 42.1 Å². The summed E-state index contributed by atoms with van der Waals surface area (Å²) in [5.74, 6) is -0.318. The molecule has 0 radical (unpaired) electrons. The minimum Gasteiger partial charge on any atom is -0.343 e. The van der Waals surface area contributed by atoms with Gasteiger partial charge in [0.15, 0.2) is 0 Å². The summed E-state index contributed by atoms with van der Waals surface area (Å²) in [4.78, 5) is 39.1. The number of carbonyl (C=O) groups excluding carboxylic acids is 3. The topological polar surface area (TPSA) is 66.5 Å². The molecule has 2 amide bonds. The number of thioether (sulfide) groups is 1. The van der Waals surface area contributed by atoms with E-state index in [2.05, 4.69) is 5.32 Å². The summed E-state index contributed by atoms with van der Waals surface area (Å²) in [5.41, 5.74) is 0.994. The number of fused-ring (bicyclic) bond motifs is 1. The van der Waals surface area contributed by atoms with Crippen LogP contribution >= 0.6 is 11.8 Å². The van der Waals surface area contributed by atoms with Crippen molar-refractivity contribution in [2.45, 2.75) is 43.5 Å². The van der Waals surface area contributed by atoms with Gasteiger partial charge in [0.2, 0.25) is 16.9 Å². The Labute approximate surface area is 139 Å². The lowest BCUT2D eigenvalue weighted by Crippen LogP contribution is -2.50. The molecule has 2 aliphatic rings. The zero-order chi connectivity index (χ0) is 16.4. The van der Waals surface area contributed by atoms with E-state index in [0.717, 1.165) is 23.7 Å². The Balaban J connectivity index is 1.84. The molecular formula is C17H20N2O3S. The van der Waals surface area contributed by atoms with Gasteiger partial charge in [-0.15, -0.1) is 0 Å². The van der Waals surface area contributed by atoms with Crippen LogP contribution in [-0.4, -0.2) is 45.7 Å². The molecule has 5 nitrogen and oxygen atoms in total. The minimum atomic E-state index is -0.592. The fraction of sp³-hybridized carbons (Fsp3) is 0.471. The van der Waals surface area contributed by atoms with Crippen LogP contribution < -0.4 is 5.32 Å². The number of nitrogens with zero attached hydrogens (tertiary/aromatic N) is 1. The number of hydrogen-bond acceptors (Lipinski definition) is 4. The Morgan fingerprint density at radius 1 is 1.22 bits per heavy atom. The van der Waals surface area contributed by atoms with Gasteiger partial charge in [0.25, 0.3) is 0 Å². The average Bonchev–Trinajstić information content (AvgIpc) is 3.03. The highest BCUT2D eigenvalue weighted by molar-refractivity contribution is 8.14. The van der Waals surface area contributed by atoms with E-state index < -0.39 is 17.3 Å². The van der Waals surface area contributed by atoms with Crippen LogP contribution in [0.3, 0.4) is 0 Å². The van der Waals surface area contributed by atoms with Gasteiger partial charge in [-0.05, 0) is 25.3 Å². The fourth-order valence-corrected chi connectivity index (χ4v) is 4.05. The molecule has 3 rings (SSSR count). The van der Waals surface area contributed by atoms with Gasteiger partial charge < -0.3 is 10.2 Å². The Morgan fingerprint density at radius 2 is 1.96 bits per heavy atom. The van der Waals surface area contributed by atoms with E-state index in [1.807, 2.05) is 30.3 Å². The largest absolute Gasteiger partial charge is 0.343 e. The highest BCUT2D eigenvalue weighted by Crippen LogP contribution is 2.26. The molecule has 2 saturated heterocycles. The second-order valence-electron chi connectivity index (χ2n) is 6.02. The van der Waals surface area contributed by atoms with Crippen LogP contribution in [-0.2, 0) is 20.8 Å². The van der Waals surface area contributed by atoms with E-state index in [-0.39, 0.29) is 16.9 Å². The lowest BCUT2D eigenvalue weighted by atomic mass is 10.1. The second-order valence-corrected chi connectivity index (χ2v) is 7.36. The van der Waals surface area contributed by atoms with Crippen molar-refractivity contribution < 1.29 is 14.4 Å². The molecule has 6 heteroatoms. The van der Waals surface area contributed by atoms with Crippen LogP contribution in [0.4, 0.5) is 0 Å². The predicted molar refractivity (Wildman–Crippen MR) is 88.9 cm³/mol. The van der Waals surface area contributed by atoms with E-state index in [1.54, 1.807) is 11.8 Å². The monoisotopic (exact) mass is 332 g/mol. The predicted octanol–water partition coefficient (Wildman–Crippen LogP) is 1.37. The first kappa shape index (κ1) is 16.1. The third-order valence-corrected chi connectivity index (χ3v) is 5.43. The number of benzene rings is 1. The van der Waals surface area contributed by atoms with Crippen molar-refractivity contribution in [2.24, 2.45) is 0 Å². The van der Waals surface area contributed by atoms with E-state index in [4.69, 9.17) is 0 Å². The van der Waals surface area contributed by atoms with Crippen molar-refractivity contribution in [1.29, 1.82) is 0 Å². The Bertz CT molecular complexity index is 620. The zero-order valence-electron chi connectivity index (χ0n) is 13.0. The first-order valence-corrected chi connectivity index (χ1v) is 8.79. The van der Waals surface area contributed by atoms with E-state index in [9.17, 15) is 14.4 Å². The van der Waals surface area contributed by atoms with Crippen molar-refractivity contribution in [3.63, 3.8) is 0 Å². The summed E-state index contributed by atoms with van der Waals surface area (Å²) >= 11 is 1.03. The number of rotatable bonds is 2. The molecule has 1 N–H and O–H groups in total. The molecule has 0 saturated carbocycles. The number of amides is 2. The molecule has 2 heterocycles. The zero-order valence-corrected chi connectivity index (χ0v) is 13.8. The molecule has 0 bridgehead atoms. The lowest BCUT2D eigenvalue weighted by molar-refractivity contribution is -0.138. The fourth-order valence-electron chi connectivity index (χ4n) is 3.15. The Hall–Kier alpha value is -1.82. The highest BCUT2D eigenvalue weighted by atomic mass is 32.2. The van der Waals surface area contributed by atoms with Crippen molar-refractivity contribution in [2.75, 3.05) is 6.54 Å². The molecule has 2 aliphatic heterocycles. The number of hydrogen-bond donors (Lipinski definition) is 1. The van der Waals surface area contributed by atoms with Crippen molar-refractivity contribution in [3.8, 4) is 0 Å². The summed E-state index contributed by atoms with van der Waals surface area (Å²) in [7, 11) is 0. The quantitative estimate of drug-likeness (QED) is 0.888. The van der Waals surface area contributed by atoms with Gasteiger partial charge in [-0.2, -0.15) is 0 Å². The maximum atomic E-state index is 12.5. The first-order valence-electron chi connectivity index (χ1n) is 7.91. The molecule has 1 aromatic carbocycles. The number of nitrogens with one attached hydrogen (secondary N) is 1. The molecule has 0 aliphatic carbocycles. The smallest absolute Gasteiger partial charge is 0.243 e. The number of carbonyl (C=O) groups is 3. The molecule has 1 aromatic rings. The standard InChI is InChI=1S/C17H20N2O3S/c1-11-16(21)19-9-5-8-14(19)15(20)18-13(17(22)23-11)10-12-6-3-2-4-7-12/h2-4,6-7,11,13-14H,5,8-10H2,1H3,(H,18,20). The van der Waals surface area contributed by atoms with E-state index >= 15 is 0 Å². The Morgan fingerprint density at radius 3 is 2.70 bits per heavy atom. The summed E-state index contributed by atoms with van der Waals surface area (Å²) < 4.78 is 0. The van der Waals surface area contributed by atoms with Crippen LogP contribution in [0.5, 0.6) is 0 Å². The van der Waals surface area contributed by atoms with Crippen molar-refractivity contribution in [1.82, 2.24) is 10.2 Å². The molecule has 0 spiro atoms. The highest BCUT2D eigenvalue weighted by Gasteiger charge is 2.40. The van der Waals surface area contributed by atoms with Crippen molar-refractivity contribution in [3.05, 3.63) is 35.9 Å². The Kier molecular flexibility index (Phi) is 4.71. The summed E-state index contributed by atoms with van der Waals surface area (Å²) in [6, 6.07) is 8.59. The SMILES string of the molecule is CC1SC(=O)C(Cc2ccccc2)NC(=O)C2CCCN2C1=O. The van der Waals surface area contributed by atoms with Crippen LogP contribution in [0.15, 0.2) is 30.3 Å².